The van der Waals surface area contributed by atoms with E-state index in [1.165, 1.54) is 6.20 Å². The number of aliphatic hydroxyl groups excluding tert-OH is 2. The van der Waals surface area contributed by atoms with E-state index in [0.717, 1.165) is 44.0 Å². The molecule has 11 heteroatoms. The molecule has 1 aliphatic carbocycles. The molecule has 0 radical (unpaired) electrons. The minimum atomic E-state index is -1.51. The Morgan fingerprint density at radius 2 is 0.891 bits per heavy atom. The summed E-state index contributed by atoms with van der Waals surface area (Å²) in [6.07, 6.45) is -3.16. The van der Waals surface area contributed by atoms with Crippen molar-refractivity contribution in [1.29, 1.82) is 0 Å². The Kier molecular flexibility index (Phi) is 12.1. The van der Waals surface area contributed by atoms with E-state index >= 15 is 0 Å². The van der Waals surface area contributed by atoms with Gasteiger partial charge in [0.15, 0.2) is 6.23 Å². The van der Waals surface area contributed by atoms with E-state index in [9.17, 15) is 35.1 Å². The van der Waals surface area contributed by atoms with Crippen molar-refractivity contribution in [2.24, 2.45) is 0 Å². The summed E-state index contributed by atoms with van der Waals surface area (Å²) in [5.41, 5.74) is 6.93. The van der Waals surface area contributed by atoms with E-state index in [1.807, 2.05) is 36.4 Å². The molecule has 8 bridgehead atoms. The Balaban J connectivity index is 1.47. The highest BCUT2D eigenvalue weighted by atomic mass is 16.6. The van der Waals surface area contributed by atoms with Crippen LogP contribution < -0.4 is 16.0 Å². The van der Waals surface area contributed by atoms with Gasteiger partial charge in [0.05, 0.1) is 0 Å². The molecule has 2 unspecified atom stereocenters. The first-order valence-corrected chi connectivity index (χ1v) is 22.3. The number of aromatic amines is 1. The van der Waals surface area contributed by atoms with Gasteiger partial charge in [-0.2, -0.15) is 0 Å². The molecule has 4 aromatic carbocycles. The zero-order valence-corrected chi connectivity index (χ0v) is 39.4. The lowest BCUT2D eigenvalue weighted by Gasteiger charge is -2.28. The van der Waals surface area contributed by atoms with Crippen LogP contribution in [0, 0.1) is 0 Å². The molecule has 64 heavy (non-hydrogen) atoms. The second-order valence-corrected chi connectivity index (χ2v) is 22.1. The Hall–Kier alpha value is -5.36. The molecular weight excluding hydrogens is 809 g/mol. The molecule has 4 atom stereocenters. The monoisotopic (exact) mass is 874 g/mol. The van der Waals surface area contributed by atoms with Gasteiger partial charge in [-0.1, -0.05) is 132 Å². The Bertz CT molecular complexity index is 2600. The first kappa shape index (κ1) is 46.6. The highest BCUT2D eigenvalue weighted by Gasteiger charge is 2.45. The number of phenolic OH excluding ortho intramolecular Hbond substituents is 3. The number of hydrogen-bond acceptors (Lipinski definition) is 9. The summed E-state index contributed by atoms with van der Waals surface area (Å²) in [6.45, 7) is 25.3. The number of nitrogens with zero attached hydrogens (tertiary/aromatic N) is 1. The maximum absolute atomic E-state index is 12.7. The van der Waals surface area contributed by atoms with E-state index < -0.39 is 35.8 Å². The van der Waals surface area contributed by atoms with Gasteiger partial charge in [0.2, 0.25) is 0 Å². The summed E-state index contributed by atoms with van der Waals surface area (Å²) < 4.78 is 13.9. The largest absolute Gasteiger partial charge is 0.507 e. The molecule has 0 saturated carbocycles. The quantitative estimate of drug-likeness (QED) is 0.102. The van der Waals surface area contributed by atoms with Gasteiger partial charge in [-0.3, -0.25) is 14.3 Å². The third kappa shape index (κ3) is 9.39. The molecule has 11 nitrogen and oxygen atoms in total. The SMILES string of the molecule is CC(C)(C)c1cc2c(O)c(c1)Cc1cc(C(C)(C)C)cc(c1O)Cc1cc(C(C)(C)C)cc(c1OCC1OC(n3ccc(=O)[nH]c3=O)[C@H](O)[C@@H]1O)Cc1cc(C(C)(C)C)cc(c1O)C2. The lowest BCUT2D eigenvalue weighted by molar-refractivity contribution is -0.0517. The number of hydrogen-bond donors (Lipinski definition) is 6. The average Bonchev–Trinajstić information content (AvgIpc) is 3.45. The third-order valence-electron chi connectivity index (χ3n) is 12.9. The fourth-order valence-electron chi connectivity index (χ4n) is 8.73. The van der Waals surface area contributed by atoms with Crippen molar-refractivity contribution in [1.82, 2.24) is 9.55 Å². The number of benzene rings is 4. The maximum Gasteiger partial charge on any atom is 0.330 e. The van der Waals surface area contributed by atoms with Crippen LogP contribution in [0.2, 0.25) is 0 Å². The van der Waals surface area contributed by atoms with E-state index in [-0.39, 0.29) is 71.2 Å². The molecule has 7 rings (SSSR count). The van der Waals surface area contributed by atoms with Crippen LogP contribution in [0.25, 0.3) is 0 Å². The number of fused-ring (bicyclic) bond motifs is 8. The van der Waals surface area contributed by atoms with Crippen LogP contribution in [0.4, 0.5) is 0 Å². The predicted molar refractivity (Wildman–Crippen MR) is 250 cm³/mol. The van der Waals surface area contributed by atoms with E-state index in [2.05, 4.69) is 100 Å². The Morgan fingerprint density at radius 1 is 0.562 bits per heavy atom. The molecule has 1 aliphatic heterocycles. The summed E-state index contributed by atoms with van der Waals surface area (Å²) in [5, 5.41) is 59.3. The van der Waals surface area contributed by atoms with Gasteiger partial charge in [0, 0.05) is 37.9 Å². The number of phenols is 3. The highest BCUT2D eigenvalue weighted by molar-refractivity contribution is 5.59. The molecular formula is C53H66N2O9. The Morgan fingerprint density at radius 3 is 1.22 bits per heavy atom. The van der Waals surface area contributed by atoms with Gasteiger partial charge in [0.1, 0.15) is 47.9 Å². The predicted octanol–water partition coefficient (Wildman–Crippen LogP) is 8.22. The van der Waals surface area contributed by atoms with Crippen LogP contribution in [0.15, 0.2) is 70.4 Å². The van der Waals surface area contributed by atoms with Gasteiger partial charge in [-0.05, 0) is 88.4 Å². The molecule has 1 fully saturated rings. The van der Waals surface area contributed by atoms with Gasteiger partial charge in [-0.25, -0.2) is 4.79 Å². The first-order valence-electron chi connectivity index (χ1n) is 22.3. The molecule has 5 aromatic rings. The average molecular weight is 875 g/mol. The standard InChI is InChI=1S/C53H66N2O9/c1-50(2,3)36-19-28-15-30-21-37(51(4,5)6)23-32(43(30)58)17-34-25-39(53(10,11)12)26-35(18-33-24-38(52(7,8)9)22-31(44(33)59)16-29(20-36)42(28)57)47(34)63-27-40-45(60)46(61)48(64-40)55-14-13-41(56)54-49(55)62/h13-14,19-26,40,45-46,48,57-61H,15-18,27H2,1-12H3,(H,54,56,62)/t40?,45-,46-,48?/m1/s1. The maximum atomic E-state index is 12.7. The fraction of sp³-hybridized carbons (Fsp3) is 0.472. The molecule has 1 aromatic heterocycles. The third-order valence-corrected chi connectivity index (χ3v) is 12.9. The number of ether oxygens (including phenoxy) is 2. The van der Waals surface area contributed by atoms with Crippen molar-refractivity contribution >= 4 is 0 Å². The second kappa shape index (κ2) is 16.6. The molecule has 0 spiro atoms. The number of aliphatic hydroxyl groups is 2. The minimum absolute atomic E-state index is 0.111. The summed E-state index contributed by atoms with van der Waals surface area (Å²) in [7, 11) is 0. The van der Waals surface area contributed by atoms with Gasteiger partial charge in [0.25, 0.3) is 5.56 Å². The first-order chi connectivity index (χ1) is 29.6. The van der Waals surface area contributed by atoms with Gasteiger partial charge >= 0.3 is 5.69 Å². The number of nitrogens with one attached hydrogen (secondary N) is 1. The molecule has 342 valence electrons. The molecule has 2 heterocycles. The summed E-state index contributed by atoms with van der Waals surface area (Å²) in [5.74, 6) is 0.826. The zero-order valence-electron chi connectivity index (χ0n) is 39.4. The molecule has 1 saturated heterocycles. The van der Waals surface area contributed by atoms with Gasteiger partial charge < -0.3 is 35.0 Å². The summed E-state index contributed by atoms with van der Waals surface area (Å²) in [4.78, 5) is 26.7. The van der Waals surface area contributed by atoms with Crippen LogP contribution >= 0.6 is 0 Å². The van der Waals surface area contributed by atoms with Gasteiger partial charge in [-0.15, -0.1) is 0 Å². The van der Waals surface area contributed by atoms with Crippen LogP contribution in [0.5, 0.6) is 23.0 Å². The Labute approximate surface area is 376 Å². The van der Waals surface area contributed by atoms with E-state index in [0.29, 0.717) is 39.1 Å². The van der Waals surface area contributed by atoms with Crippen molar-refractivity contribution in [3.63, 3.8) is 0 Å². The number of H-pyrrole nitrogens is 1. The van der Waals surface area contributed by atoms with Crippen molar-refractivity contribution < 1.29 is 35.0 Å². The van der Waals surface area contributed by atoms with Crippen LogP contribution in [-0.4, -0.2) is 60.0 Å². The summed E-state index contributed by atoms with van der Waals surface area (Å²) in [6, 6.07) is 17.5. The van der Waals surface area contributed by atoms with Crippen LogP contribution in [-0.2, 0) is 52.1 Å². The topological polar surface area (TPSA) is 174 Å². The lowest BCUT2D eigenvalue weighted by atomic mass is 9.79. The minimum Gasteiger partial charge on any atom is -0.507 e. The van der Waals surface area contributed by atoms with Crippen LogP contribution in [0.3, 0.4) is 0 Å². The van der Waals surface area contributed by atoms with Crippen molar-refractivity contribution in [3.8, 4) is 23.0 Å². The van der Waals surface area contributed by atoms with Crippen molar-refractivity contribution in [2.45, 2.75) is 155 Å². The number of rotatable bonds is 4. The number of aromatic hydroxyl groups is 3. The zero-order chi connectivity index (χ0) is 47.0. The lowest BCUT2D eigenvalue weighted by Crippen LogP contribution is -2.37. The van der Waals surface area contributed by atoms with E-state index in [1.54, 1.807) is 0 Å². The van der Waals surface area contributed by atoms with E-state index in [4.69, 9.17) is 9.47 Å². The summed E-state index contributed by atoms with van der Waals surface area (Å²) >= 11 is 0. The second-order valence-electron chi connectivity index (χ2n) is 22.1. The van der Waals surface area contributed by atoms with Crippen molar-refractivity contribution in [2.75, 3.05) is 6.61 Å². The molecule has 0 amide bonds. The normalized spacial score (nSPS) is 19.5. The molecule has 6 N–H and O–H groups in total. The van der Waals surface area contributed by atoms with Crippen LogP contribution in [0.1, 0.15) is 156 Å². The molecule has 2 aliphatic rings. The fourth-order valence-corrected chi connectivity index (χ4v) is 8.73. The smallest absolute Gasteiger partial charge is 0.330 e. The number of aromatic nitrogens is 2. The van der Waals surface area contributed by atoms with Crippen molar-refractivity contribution in [3.05, 3.63) is 148 Å². The highest BCUT2D eigenvalue weighted by Crippen LogP contribution is 2.44.